The number of hydrogen-bond acceptors (Lipinski definition) is 3. The van der Waals surface area contributed by atoms with Gasteiger partial charge in [-0.3, -0.25) is 4.31 Å². The summed E-state index contributed by atoms with van der Waals surface area (Å²) in [5.41, 5.74) is 9.16. The van der Waals surface area contributed by atoms with Crippen LogP contribution in [-0.2, 0) is 4.74 Å². The molecule has 2 aromatic carbocycles. The molecule has 2 atom stereocenters. The summed E-state index contributed by atoms with van der Waals surface area (Å²) in [4.78, 5) is 1.26. The lowest BCUT2D eigenvalue weighted by molar-refractivity contribution is 0.147. The Hall–Kier alpha value is -3.17. The van der Waals surface area contributed by atoms with Crippen molar-refractivity contribution in [1.82, 2.24) is 0 Å². The van der Waals surface area contributed by atoms with Gasteiger partial charge in [-0.15, -0.1) is 0 Å². The van der Waals surface area contributed by atoms with Crippen molar-refractivity contribution in [3.8, 4) is 0 Å². The number of anilines is 1. The molecular formula is C32H31NOS. The van der Waals surface area contributed by atoms with Crippen molar-refractivity contribution in [2.75, 3.05) is 4.31 Å². The van der Waals surface area contributed by atoms with Gasteiger partial charge in [-0.25, -0.2) is 0 Å². The molecule has 0 N–H and O–H groups in total. The molecule has 2 nitrogen and oxygen atoms in total. The van der Waals surface area contributed by atoms with Gasteiger partial charge in [0, 0.05) is 22.8 Å². The van der Waals surface area contributed by atoms with E-state index >= 15 is 0 Å². The van der Waals surface area contributed by atoms with Crippen LogP contribution >= 0.6 is 11.9 Å². The molecule has 0 saturated carbocycles. The SMILES string of the molecule is CC1=C(c2ccccc2SN(C2=CC=CC3C4=C(CCC=C4)OC23)c2ccccc2C)C=CCC1. The summed E-state index contributed by atoms with van der Waals surface area (Å²) in [6.45, 7) is 4.47. The van der Waals surface area contributed by atoms with Crippen molar-refractivity contribution in [1.29, 1.82) is 0 Å². The Balaban J connectivity index is 1.42. The average Bonchev–Trinajstić information content (AvgIpc) is 3.28. The van der Waals surface area contributed by atoms with Crippen molar-refractivity contribution < 1.29 is 4.74 Å². The number of nitrogens with zero attached hydrogens (tertiary/aromatic N) is 1. The predicted molar refractivity (Wildman–Crippen MR) is 148 cm³/mol. The van der Waals surface area contributed by atoms with Gasteiger partial charge in [0.15, 0.2) is 0 Å². The van der Waals surface area contributed by atoms with Crippen LogP contribution < -0.4 is 4.31 Å². The minimum atomic E-state index is 0.00236. The smallest absolute Gasteiger partial charge is 0.149 e. The molecular weight excluding hydrogens is 446 g/mol. The van der Waals surface area contributed by atoms with Crippen LogP contribution in [0.25, 0.3) is 5.57 Å². The molecule has 176 valence electrons. The van der Waals surface area contributed by atoms with Crippen LogP contribution in [-0.4, -0.2) is 6.10 Å². The van der Waals surface area contributed by atoms with Crippen LogP contribution in [0.15, 0.2) is 119 Å². The first-order valence-electron chi connectivity index (χ1n) is 12.6. The lowest BCUT2D eigenvalue weighted by Crippen LogP contribution is -2.31. The fourth-order valence-corrected chi connectivity index (χ4v) is 6.66. The monoisotopic (exact) mass is 477 g/mol. The molecule has 1 aliphatic heterocycles. The molecule has 0 radical (unpaired) electrons. The number of rotatable bonds is 5. The third-order valence-corrected chi connectivity index (χ3v) is 8.50. The second-order valence-corrected chi connectivity index (χ2v) is 10.7. The van der Waals surface area contributed by atoms with E-state index in [2.05, 4.69) is 109 Å². The maximum absolute atomic E-state index is 6.66. The summed E-state index contributed by atoms with van der Waals surface area (Å²) in [5.74, 6) is 1.44. The fraction of sp³-hybridized carbons (Fsp3) is 0.250. The Morgan fingerprint density at radius 2 is 1.71 bits per heavy atom. The molecule has 0 saturated heterocycles. The molecule has 0 spiro atoms. The standard InChI is InChI=1S/C32H31NOS/c1-22-12-3-5-14-24(22)26-16-7-10-21-31(26)35-33(28-18-8-4-13-23(28)2)29-19-11-17-27-25-15-6-9-20-30(25)34-32(27)29/h4-8,10-11,13-19,21,27,32H,3,9,12,20H2,1-2H3. The van der Waals surface area contributed by atoms with Crippen LogP contribution in [0.4, 0.5) is 5.69 Å². The van der Waals surface area contributed by atoms with E-state index in [1.807, 2.05) is 11.9 Å². The van der Waals surface area contributed by atoms with E-state index in [0.717, 1.165) is 25.7 Å². The summed E-state index contributed by atoms with van der Waals surface area (Å²) in [5, 5.41) is 0. The van der Waals surface area contributed by atoms with Crippen LogP contribution in [0.5, 0.6) is 0 Å². The van der Waals surface area contributed by atoms with Gasteiger partial charge in [-0.1, -0.05) is 78.4 Å². The number of para-hydroxylation sites is 1. The zero-order valence-electron chi connectivity index (χ0n) is 20.4. The molecule has 1 heterocycles. The van der Waals surface area contributed by atoms with E-state index in [9.17, 15) is 0 Å². The third kappa shape index (κ3) is 4.12. The first kappa shape index (κ1) is 22.3. The van der Waals surface area contributed by atoms with E-state index in [-0.39, 0.29) is 12.0 Å². The largest absolute Gasteiger partial charge is 0.487 e. The summed E-state index contributed by atoms with van der Waals surface area (Å²) in [6, 6.07) is 17.5. The fourth-order valence-electron chi connectivity index (χ4n) is 5.47. The topological polar surface area (TPSA) is 12.5 Å². The van der Waals surface area contributed by atoms with Gasteiger partial charge in [0.1, 0.15) is 11.9 Å². The van der Waals surface area contributed by atoms with E-state index in [1.165, 1.54) is 49.9 Å². The average molecular weight is 478 g/mol. The first-order valence-corrected chi connectivity index (χ1v) is 13.4. The highest BCUT2D eigenvalue weighted by Gasteiger charge is 2.40. The molecule has 6 rings (SSSR count). The molecule has 2 aromatic rings. The van der Waals surface area contributed by atoms with E-state index in [4.69, 9.17) is 4.74 Å². The number of ether oxygens (including phenoxy) is 1. The van der Waals surface area contributed by atoms with Gasteiger partial charge >= 0.3 is 0 Å². The van der Waals surface area contributed by atoms with E-state index in [1.54, 1.807) is 0 Å². The zero-order chi connectivity index (χ0) is 23.8. The normalized spacial score (nSPS) is 22.6. The van der Waals surface area contributed by atoms with Gasteiger partial charge in [0.05, 0.1) is 11.4 Å². The highest BCUT2D eigenvalue weighted by molar-refractivity contribution is 8.01. The van der Waals surface area contributed by atoms with Crippen molar-refractivity contribution in [2.45, 2.75) is 50.5 Å². The molecule has 0 fully saturated rings. The summed E-state index contributed by atoms with van der Waals surface area (Å²) >= 11 is 1.81. The Labute approximate surface area is 213 Å². The van der Waals surface area contributed by atoms with Crippen LogP contribution in [0.1, 0.15) is 43.7 Å². The predicted octanol–water partition coefficient (Wildman–Crippen LogP) is 8.71. The molecule has 3 aliphatic carbocycles. The van der Waals surface area contributed by atoms with Crippen molar-refractivity contribution in [3.05, 3.63) is 125 Å². The molecule has 0 aromatic heterocycles. The second kappa shape index (κ2) is 9.47. The Kier molecular flexibility index (Phi) is 6.03. The van der Waals surface area contributed by atoms with Gasteiger partial charge in [-0.05, 0) is 80.0 Å². The molecule has 0 bridgehead atoms. The van der Waals surface area contributed by atoms with E-state index in [0.29, 0.717) is 0 Å². The summed E-state index contributed by atoms with van der Waals surface area (Å²) in [6.07, 6.45) is 20.3. The van der Waals surface area contributed by atoms with Gasteiger partial charge < -0.3 is 4.74 Å². The van der Waals surface area contributed by atoms with Crippen molar-refractivity contribution in [3.63, 3.8) is 0 Å². The summed E-state index contributed by atoms with van der Waals surface area (Å²) in [7, 11) is 0. The number of hydrogen-bond donors (Lipinski definition) is 0. The van der Waals surface area contributed by atoms with Crippen LogP contribution in [0.3, 0.4) is 0 Å². The lowest BCUT2D eigenvalue weighted by Gasteiger charge is -2.34. The molecule has 4 aliphatic rings. The second-order valence-electron chi connectivity index (χ2n) is 9.66. The van der Waals surface area contributed by atoms with E-state index < -0.39 is 0 Å². The number of fused-ring (bicyclic) bond motifs is 2. The number of allylic oxidation sites excluding steroid dienone is 9. The minimum absolute atomic E-state index is 0.00236. The number of aryl methyl sites for hydroxylation is 1. The Morgan fingerprint density at radius 1 is 0.914 bits per heavy atom. The maximum Gasteiger partial charge on any atom is 0.149 e. The van der Waals surface area contributed by atoms with Gasteiger partial charge in [0.25, 0.3) is 0 Å². The summed E-state index contributed by atoms with van der Waals surface area (Å²) < 4.78 is 9.08. The molecule has 3 heteroatoms. The molecule has 35 heavy (non-hydrogen) atoms. The quantitative estimate of drug-likeness (QED) is 0.400. The third-order valence-electron chi connectivity index (χ3n) is 7.35. The maximum atomic E-state index is 6.66. The van der Waals surface area contributed by atoms with Crippen molar-refractivity contribution >= 4 is 23.2 Å². The molecule has 0 amide bonds. The van der Waals surface area contributed by atoms with Crippen LogP contribution in [0.2, 0.25) is 0 Å². The first-order chi connectivity index (χ1) is 17.2. The Bertz CT molecular complexity index is 1340. The van der Waals surface area contributed by atoms with Crippen molar-refractivity contribution in [2.24, 2.45) is 5.92 Å². The zero-order valence-corrected chi connectivity index (χ0v) is 21.2. The molecule has 2 unspecified atom stereocenters. The highest BCUT2D eigenvalue weighted by Crippen LogP contribution is 2.47. The lowest BCUT2D eigenvalue weighted by atomic mass is 9.87. The van der Waals surface area contributed by atoms with Gasteiger partial charge in [0.2, 0.25) is 0 Å². The number of benzene rings is 2. The Morgan fingerprint density at radius 3 is 2.60 bits per heavy atom. The minimum Gasteiger partial charge on any atom is -0.487 e. The van der Waals surface area contributed by atoms with Crippen LogP contribution in [0, 0.1) is 12.8 Å². The van der Waals surface area contributed by atoms with Gasteiger partial charge in [-0.2, -0.15) is 0 Å². The highest BCUT2D eigenvalue weighted by atomic mass is 32.2.